The molecule has 0 saturated carbocycles. The number of nitrogens with one attached hydrogen (secondary N) is 1. The zero-order valence-corrected chi connectivity index (χ0v) is 13.9. The summed E-state index contributed by atoms with van der Waals surface area (Å²) < 4.78 is 6.48. The predicted octanol–water partition coefficient (Wildman–Crippen LogP) is 5.25. The highest BCUT2D eigenvalue weighted by Gasteiger charge is 2.38. The van der Waals surface area contributed by atoms with E-state index in [1.54, 1.807) is 0 Å². The van der Waals surface area contributed by atoms with Crippen LogP contribution in [-0.4, -0.2) is 13.3 Å². The summed E-state index contributed by atoms with van der Waals surface area (Å²) in [6.07, 6.45) is 2.12. The summed E-state index contributed by atoms with van der Waals surface area (Å²) in [6.45, 7) is 13.6. The minimum atomic E-state index is -1.73. The van der Waals surface area contributed by atoms with Gasteiger partial charge in [0.25, 0.3) is 0 Å². The molecule has 1 heterocycles. The van der Waals surface area contributed by atoms with Gasteiger partial charge in [-0.25, -0.2) is 0 Å². The second-order valence-electron chi connectivity index (χ2n) is 6.81. The van der Waals surface area contributed by atoms with Crippen LogP contribution in [0.3, 0.4) is 0 Å². The lowest BCUT2D eigenvalue weighted by molar-refractivity contribution is 0.204. The number of aromatic nitrogens is 1. The normalized spacial score (nSPS) is 14.8. The Hall–Kier alpha value is -1.06. The average Bonchev–Trinajstić information content (AvgIpc) is 2.73. The van der Waals surface area contributed by atoms with Crippen LogP contribution >= 0.6 is 0 Å². The summed E-state index contributed by atoms with van der Waals surface area (Å²) in [6, 6.07) is 8.51. The molecule has 19 heavy (non-hydrogen) atoms. The highest BCUT2D eigenvalue weighted by Crippen LogP contribution is 2.40. The molecule has 0 unspecified atom stereocenters. The van der Waals surface area contributed by atoms with Crippen LogP contribution < -0.4 is 0 Å². The van der Waals surface area contributed by atoms with Crippen molar-refractivity contribution in [2.24, 2.45) is 0 Å². The summed E-state index contributed by atoms with van der Waals surface area (Å²) in [7, 11) is -1.73. The standard InChI is InChI=1S/C16H25NOSi/c1-12(18-19(5,6)16(2,3)4)14-9-7-8-13-10-11-17-15(13)14/h7-12,17H,1-6H3/t12-/m0/s1. The van der Waals surface area contributed by atoms with Crippen molar-refractivity contribution in [2.45, 2.75) is 51.9 Å². The van der Waals surface area contributed by atoms with Gasteiger partial charge in [-0.1, -0.05) is 39.0 Å². The van der Waals surface area contributed by atoms with E-state index in [-0.39, 0.29) is 11.1 Å². The first kappa shape index (κ1) is 14.3. The lowest BCUT2D eigenvalue weighted by Gasteiger charge is -2.38. The zero-order valence-electron chi connectivity index (χ0n) is 12.9. The lowest BCUT2D eigenvalue weighted by atomic mass is 10.1. The van der Waals surface area contributed by atoms with Gasteiger partial charge in [-0.05, 0) is 36.5 Å². The first-order chi connectivity index (χ1) is 8.72. The van der Waals surface area contributed by atoms with Crippen LogP contribution in [-0.2, 0) is 4.43 Å². The molecule has 2 rings (SSSR count). The average molecular weight is 275 g/mol. The molecule has 0 aliphatic carbocycles. The van der Waals surface area contributed by atoms with Crippen molar-refractivity contribution in [1.29, 1.82) is 0 Å². The summed E-state index contributed by atoms with van der Waals surface area (Å²) in [5.74, 6) is 0. The molecule has 0 saturated heterocycles. The Kier molecular flexibility index (Phi) is 3.62. The summed E-state index contributed by atoms with van der Waals surface area (Å²) in [5, 5.41) is 1.49. The number of hydrogen-bond acceptors (Lipinski definition) is 1. The number of fused-ring (bicyclic) bond motifs is 1. The fourth-order valence-corrected chi connectivity index (χ4v) is 3.49. The van der Waals surface area contributed by atoms with Gasteiger partial charge in [-0.2, -0.15) is 0 Å². The van der Waals surface area contributed by atoms with E-state index in [0.29, 0.717) is 0 Å². The lowest BCUT2D eigenvalue weighted by Crippen LogP contribution is -2.41. The molecular formula is C16H25NOSi. The third kappa shape index (κ3) is 2.77. The quantitative estimate of drug-likeness (QED) is 0.760. The van der Waals surface area contributed by atoms with E-state index in [9.17, 15) is 0 Å². The Bertz CT molecular complexity index is 565. The predicted molar refractivity (Wildman–Crippen MR) is 85.0 cm³/mol. The number of aromatic amines is 1. The first-order valence-corrected chi connectivity index (χ1v) is 9.87. The summed E-state index contributed by atoms with van der Waals surface area (Å²) in [4.78, 5) is 3.33. The van der Waals surface area contributed by atoms with Gasteiger partial charge in [0.15, 0.2) is 8.32 Å². The van der Waals surface area contributed by atoms with Crippen LogP contribution in [0.2, 0.25) is 18.1 Å². The molecule has 0 radical (unpaired) electrons. The minimum absolute atomic E-state index is 0.128. The Morgan fingerprint density at radius 3 is 2.47 bits per heavy atom. The smallest absolute Gasteiger partial charge is 0.192 e. The van der Waals surface area contributed by atoms with Gasteiger partial charge in [0, 0.05) is 11.8 Å². The molecular weight excluding hydrogens is 250 g/mol. The molecule has 2 nitrogen and oxygen atoms in total. The van der Waals surface area contributed by atoms with Gasteiger partial charge in [-0.3, -0.25) is 0 Å². The van der Waals surface area contributed by atoms with Crippen molar-refractivity contribution in [2.75, 3.05) is 0 Å². The van der Waals surface area contributed by atoms with E-state index < -0.39 is 8.32 Å². The second-order valence-corrected chi connectivity index (χ2v) is 11.6. The van der Waals surface area contributed by atoms with E-state index in [4.69, 9.17) is 4.43 Å². The van der Waals surface area contributed by atoms with Gasteiger partial charge in [0.2, 0.25) is 0 Å². The maximum atomic E-state index is 6.48. The highest BCUT2D eigenvalue weighted by molar-refractivity contribution is 6.74. The van der Waals surface area contributed by atoms with Crippen LogP contribution in [0.4, 0.5) is 0 Å². The molecule has 104 valence electrons. The third-order valence-electron chi connectivity index (χ3n) is 4.34. The topological polar surface area (TPSA) is 25.0 Å². The monoisotopic (exact) mass is 275 g/mol. The van der Waals surface area contributed by atoms with Crippen LogP contribution in [0.15, 0.2) is 30.5 Å². The number of rotatable bonds is 3. The van der Waals surface area contributed by atoms with Gasteiger partial charge in [0.1, 0.15) is 0 Å². The van der Waals surface area contributed by atoms with E-state index in [1.165, 1.54) is 16.5 Å². The van der Waals surface area contributed by atoms with Gasteiger partial charge < -0.3 is 9.41 Å². The Balaban J connectivity index is 2.30. The Labute approximate surface area is 117 Å². The number of para-hydroxylation sites is 1. The number of hydrogen-bond donors (Lipinski definition) is 1. The van der Waals surface area contributed by atoms with Crippen LogP contribution in [0.25, 0.3) is 10.9 Å². The molecule has 1 aromatic carbocycles. The third-order valence-corrected chi connectivity index (χ3v) is 8.89. The Morgan fingerprint density at radius 2 is 1.84 bits per heavy atom. The largest absolute Gasteiger partial charge is 0.410 e. The van der Waals surface area contributed by atoms with Crippen LogP contribution in [0.1, 0.15) is 39.4 Å². The maximum Gasteiger partial charge on any atom is 0.192 e. The molecule has 1 aromatic heterocycles. The SMILES string of the molecule is C[C@H](O[Si](C)(C)C(C)(C)C)c1cccc2cc[nH]c12. The minimum Gasteiger partial charge on any atom is -0.410 e. The van der Waals surface area contributed by atoms with Crippen molar-refractivity contribution < 1.29 is 4.43 Å². The molecule has 3 heteroatoms. The van der Waals surface area contributed by atoms with Crippen molar-refractivity contribution in [3.63, 3.8) is 0 Å². The van der Waals surface area contributed by atoms with Crippen molar-refractivity contribution in [3.05, 3.63) is 36.0 Å². The van der Waals surface area contributed by atoms with E-state index >= 15 is 0 Å². The van der Waals surface area contributed by atoms with Gasteiger partial charge in [-0.15, -0.1) is 0 Å². The number of benzene rings is 1. The van der Waals surface area contributed by atoms with E-state index in [2.05, 4.69) is 70.0 Å². The molecule has 0 fully saturated rings. The van der Waals surface area contributed by atoms with Gasteiger partial charge in [0.05, 0.1) is 11.6 Å². The maximum absolute atomic E-state index is 6.48. The Morgan fingerprint density at radius 1 is 1.16 bits per heavy atom. The van der Waals surface area contributed by atoms with Gasteiger partial charge >= 0.3 is 0 Å². The second kappa shape index (κ2) is 4.80. The summed E-state index contributed by atoms with van der Waals surface area (Å²) >= 11 is 0. The zero-order chi connectivity index (χ0) is 14.3. The van der Waals surface area contributed by atoms with E-state index in [1.807, 2.05) is 6.20 Å². The molecule has 0 spiro atoms. The molecule has 0 aliphatic heterocycles. The molecule has 1 atom stereocenters. The van der Waals surface area contributed by atoms with Crippen molar-refractivity contribution in [3.8, 4) is 0 Å². The summed E-state index contributed by atoms with van der Waals surface area (Å²) in [5.41, 5.74) is 2.46. The molecule has 0 amide bonds. The fraction of sp³-hybridized carbons (Fsp3) is 0.500. The van der Waals surface area contributed by atoms with Crippen LogP contribution in [0.5, 0.6) is 0 Å². The molecule has 0 bridgehead atoms. The first-order valence-electron chi connectivity index (χ1n) is 6.96. The molecule has 2 aromatic rings. The molecule has 1 N–H and O–H groups in total. The fourth-order valence-electron chi connectivity index (χ4n) is 2.13. The van der Waals surface area contributed by atoms with Crippen LogP contribution in [0, 0.1) is 0 Å². The highest BCUT2D eigenvalue weighted by atomic mass is 28.4. The van der Waals surface area contributed by atoms with Crippen molar-refractivity contribution >= 4 is 19.2 Å². The molecule has 0 aliphatic rings. The van der Waals surface area contributed by atoms with E-state index in [0.717, 1.165) is 0 Å². The van der Waals surface area contributed by atoms with Crippen molar-refractivity contribution in [1.82, 2.24) is 4.98 Å². The number of H-pyrrole nitrogens is 1.